The molecule has 0 radical (unpaired) electrons. The van der Waals surface area contributed by atoms with Crippen LogP contribution in [0.1, 0.15) is 32.2 Å². The maximum Gasteiger partial charge on any atom is 0.410 e. The van der Waals surface area contributed by atoms with Crippen molar-refractivity contribution in [1.82, 2.24) is 14.9 Å². The van der Waals surface area contributed by atoms with E-state index in [2.05, 4.69) is 15.4 Å². The van der Waals surface area contributed by atoms with Crippen molar-refractivity contribution in [2.75, 3.05) is 18.5 Å². The highest BCUT2D eigenvalue weighted by Crippen LogP contribution is 2.28. The smallest absolute Gasteiger partial charge is 0.410 e. The molecule has 1 aromatic rings. The third-order valence-electron chi connectivity index (χ3n) is 3.73. The van der Waals surface area contributed by atoms with Crippen molar-refractivity contribution in [3.63, 3.8) is 0 Å². The minimum Gasteiger partial charge on any atom is -0.444 e. The standard InChI is InChI=1S/C15H22N4O3/c1-15(2,3)22-14(21)18-6-11(7-18)19-8-13-12(17-19)5-4-10(9-20)16-13/h4-5,11,17,20H,6-9H2,1-3H3. The molecular formula is C15H22N4O3. The summed E-state index contributed by atoms with van der Waals surface area (Å²) in [5, 5.41) is 11.2. The molecule has 2 N–H and O–H groups in total. The quantitative estimate of drug-likeness (QED) is 0.858. The number of hydrogen-bond donors (Lipinski definition) is 2. The number of fused-ring (bicyclic) bond motifs is 1. The number of aliphatic hydroxyl groups is 1. The molecule has 22 heavy (non-hydrogen) atoms. The van der Waals surface area contributed by atoms with Gasteiger partial charge in [-0.05, 0) is 32.9 Å². The Bertz CT molecular complexity index is 579. The summed E-state index contributed by atoms with van der Waals surface area (Å²) >= 11 is 0. The van der Waals surface area contributed by atoms with Gasteiger partial charge in [0.05, 0.1) is 36.3 Å². The number of likely N-dealkylation sites (tertiary alicyclic amines) is 1. The Kier molecular flexibility index (Phi) is 3.70. The van der Waals surface area contributed by atoms with Crippen molar-refractivity contribution in [1.29, 1.82) is 0 Å². The summed E-state index contributed by atoms with van der Waals surface area (Å²) in [5.41, 5.74) is 5.41. The molecule has 0 spiro atoms. The maximum atomic E-state index is 11.9. The molecule has 1 fully saturated rings. The molecule has 7 heteroatoms. The van der Waals surface area contributed by atoms with Crippen molar-refractivity contribution in [3.05, 3.63) is 23.5 Å². The van der Waals surface area contributed by atoms with Crippen molar-refractivity contribution in [3.8, 4) is 0 Å². The second kappa shape index (κ2) is 5.40. The topological polar surface area (TPSA) is 77.9 Å². The van der Waals surface area contributed by atoms with Crippen molar-refractivity contribution >= 4 is 11.8 Å². The van der Waals surface area contributed by atoms with Crippen LogP contribution in [-0.2, 0) is 17.9 Å². The second-order valence-corrected chi connectivity index (χ2v) is 6.73. The lowest BCUT2D eigenvalue weighted by atomic mass is 10.1. The van der Waals surface area contributed by atoms with Gasteiger partial charge in [0, 0.05) is 13.1 Å². The molecule has 1 aromatic heterocycles. The van der Waals surface area contributed by atoms with Gasteiger partial charge in [0.2, 0.25) is 0 Å². The van der Waals surface area contributed by atoms with Crippen LogP contribution in [0.5, 0.6) is 0 Å². The third kappa shape index (κ3) is 3.00. The first-order chi connectivity index (χ1) is 10.4. The highest BCUT2D eigenvalue weighted by atomic mass is 16.6. The number of rotatable bonds is 2. The monoisotopic (exact) mass is 306 g/mol. The van der Waals surface area contributed by atoms with E-state index in [4.69, 9.17) is 9.84 Å². The molecule has 120 valence electrons. The van der Waals surface area contributed by atoms with E-state index in [1.54, 1.807) is 4.90 Å². The van der Waals surface area contributed by atoms with Crippen molar-refractivity contribution in [2.45, 2.75) is 45.6 Å². The normalized spacial score (nSPS) is 18.6. The third-order valence-corrected chi connectivity index (χ3v) is 3.73. The van der Waals surface area contributed by atoms with E-state index in [9.17, 15) is 4.79 Å². The molecule has 3 heterocycles. The maximum absolute atomic E-state index is 11.9. The van der Waals surface area contributed by atoms with Gasteiger partial charge < -0.3 is 20.2 Å². The van der Waals surface area contributed by atoms with E-state index in [-0.39, 0.29) is 18.7 Å². The highest BCUT2D eigenvalue weighted by Gasteiger charge is 2.39. The van der Waals surface area contributed by atoms with Crippen LogP contribution in [0.25, 0.3) is 0 Å². The molecule has 0 saturated carbocycles. The number of carbonyl (C=O) groups excluding carboxylic acids is 1. The zero-order valence-electron chi connectivity index (χ0n) is 13.2. The van der Waals surface area contributed by atoms with Crippen LogP contribution in [-0.4, -0.2) is 50.8 Å². The van der Waals surface area contributed by atoms with Gasteiger partial charge in [0.25, 0.3) is 0 Å². The number of aromatic nitrogens is 1. The molecule has 2 aliphatic rings. The minimum absolute atomic E-state index is 0.0525. The molecule has 0 aliphatic carbocycles. The van der Waals surface area contributed by atoms with Crippen LogP contribution in [0.2, 0.25) is 0 Å². The highest BCUT2D eigenvalue weighted by molar-refractivity contribution is 5.69. The number of anilines is 1. The number of ether oxygens (including phenoxy) is 1. The summed E-state index contributed by atoms with van der Waals surface area (Å²) in [5.74, 6) is 0. The lowest BCUT2D eigenvalue weighted by molar-refractivity contribution is -0.0110. The molecule has 0 bridgehead atoms. The zero-order valence-corrected chi connectivity index (χ0v) is 13.2. The number of hydrazine groups is 1. The summed E-state index contributed by atoms with van der Waals surface area (Å²) in [7, 11) is 0. The Morgan fingerprint density at radius 3 is 2.82 bits per heavy atom. The van der Waals surface area contributed by atoms with E-state index >= 15 is 0 Å². The molecule has 1 amide bonds. The summed E-state index contributed by atoms with van der Waals surface area (Å²) in [6, 6.07) is 3.99. The SMILES string of the molecule is CC(C)(C)OC(=O)N1CC(N2Cc3nc(CO)ccc3N2)C1. The predicted octanol–water partition coefficient (Wildman–Crippen LogP) is 1.34. The minimum atomic E-state index is -0.463. The molecule has 3 rings (SSSR count). The summed E-state index contributed by atoms with van der Waals surface area (Å²) in [6.45, 7) is 7.51. The Balaban J connectivity index is 1.53. The Labute approximate surface area is 129 Å². The van der Waals surface area contributed by atoms with Gasteiger partial charge in [0.1, 0.15) is 5.60 Å². The lowest BCUT2D eigenvalue weighted by Crippen LogP contribution is -2.61. The van der Waals surface area contributed by atoms with Gasteiger partial charge in [-0.2, -0.15) is 0 Å². The largest absolute Gasteiger partial charge is 0.444 e. The number of nitrogens with zero attached hydrogens (tertiary/aromatic N) is 3. The predicted molar refractivity (Wildman–Crippen MR) is 80.9 cm³/mol. The molecular weight excluding hydrogens is 284 g/mol. The van der Waals surface area contributed by atoms with E-state index in [0.717, 1.165) is 11.4 Å². The van der Waals surface area contributed by atoms with Gasteiger partial charge >= 0.3 is 6.09 Å². The van der Waals surface area contributed by atoms with E-state index in [1.165, 1.54) is 0 Å². The molecule has 2 aliphatic heterocycles. The van der Waals surface area contributed by atoms with Gasteiger partial charge in [-0.3, -0.25) is 4.98 Å². The van der Waals surface area contributed by atoms with E-state index < -0.39 is 5.60 Å². The van der Waals surface area contributed by atoms with Gasteiger partial charge in [-0.15, -0.1) is 0 Å². The van der Waals surface area contributed by atoms with E-state index in [1.807, 2.05) is 32.9 Å². The number of carbonyl (C=O) groups is 1. The molecule has 0 aromatic carbocycles. The zero-order chi connectivity index (χ0) is 15.9. The molecule has 1 saturated heterocycles. The van der Waals surface area contributed by atoms with Crippen LogP contribution >= 0.6 is 0 Å². The Morgan fingerprint density at radius 2 is 2.18 bits per heavy atom. The number of aliphatic hydroxyl groups excluding tert-OH is 1. The van der Waals surface area contributed by atoms with E-state index in [0.29, 0.717) is 25.3 Å². The van der Waals surface area contributed by atoms with Crippen LogP contribution in [0.4, 0.5) is 10.5 Å². The number of amides is 1. The molecule has 7 nitrogen and oxygen atoms in total. The number of nitrogens with one attached hydrogen (secondary N) is 1. The van der Waals surface area contributed by atoms with Crippen LogP contribution in [0.3, 0.4) is 0 Å². The van der Waals surface area contributed by atoms with Crippen molar-refractivity contribution < 1.29 is 14.6 Å². The first-order valence-electron chi connectivity index (χ1n) is 7.46. The fourth-order valence-corrected chi connectivity index (χ4v) is 2.56. The Morgan fingerprint density at radius 1 is 1.45 bits per heavy atom. The van der Waals surface area contributed by atoms with Crippen LogP contribution in [0.15, 0.2) is 12.1 Å². The fraction of sp³-hybridized carbons (Fsp3) is 0.600. The van der Waals surface area contributed by atoms with Gasteiger partial charge in [-0.25, -0.2) is 9.80 Å². The average Bonchev–Trinajstić information content (AvgIpc) is 2.76. The van der Waals surface area contributed by atoms with Gasteiger partial charge in [0.15, 0.2) is 0 Å². The Hall–Kier alpha value is -1.86. The average molecular weight is 306 g/mol. The fourth-order valence-electron chi connectivity index (χ4n) is 2.56. The van der Waals surface area contributed by atoms with Crippen LogP contribution < -0.4 is 5.43 Å². The second-order valence-electron chi connectivity index (χ2n) is 6.73. The first kappa shape index (κ1) is 15.1. The summed E-state index contributed by atoms with van der Waals surface area (Å²) < 4.78 is 5.35. The lowest BCUT2D eigenvalue weighted by Gasteiger charge is -2.43. The summed E-state index contributed by atoms with van der Waals surface area (Å²) in [6.07, 6.45) is -0.263. The number of hydrogen-bond acceptors (Lipinski definition) is 6. The first-order valence-corrected chi connectivity index (χ1v) is 7.46. The van der Waals surface area contributed by atoms with Crippen molar-refractivity contribution in [2.24, 2.45) is 0 Å². The van der Waals surface area contributed by atoms with Crippen LogP contribution in [0, 0.1) is 0 Å². The number of pyridine rings is 1. The summed E-state index contributed by atoms with van der Waals surface area (Å²) in [4.78, 5) is 18.0. The molecule has 0 unspecified atom stereocenters. The van der Waals surface area contributed by atoms with Gasteiger partial charge in [-0.1, -0.05) is 0 Å². The molecule has 0 atom stereocenters.